The number of rotatable bonds is 2. The summed E-state index contributed by atoms with van der Waals surface area (Å²) in [4.78, 5) is 0. The van der Waals surface area contributed by atoms with Gasteiger partial charge < -0.3 is 9.31 Å². The third-order valence-electron chi connectivity index (χ3n) is 5.68. The van der Waals surface area contributed by atoms with Gasteiger partial charge in [0.05, 0.1) is 11.2 Å². The first kappa shape index (κ1) is 14.3. The molecule has 0 spiro atoms. The lowest BCUT2D eigenvalue weighted by atomic mass is 9.79. The first-order valence-electron chi connectivity index (χ1n) is 8.22. The van der Waals surface area contributed by atoms with Crippen molar-refractivity contribution in [1.82, 2.24) is 0 Å². The maximum Gasteiger partial charge on any atom is 0.461 e. The summed E-state index contributed by atoms with van der Waals surface area (Å²) in [6, 6.07) is 15.2. The summed E-state index contributed by atoms with van der Waals surface area (Å²) < 4.78 is 12.5. The van der Waals surface area contributed by atoms with Gasteiger partial charge in [-0.3, -0.25) is 0 Å². The van der Waals surface area contributed by atoms with Crippen LogP contribution < -0.4 is 0 Å². The van der Waals surface area contributed by atoms with Crippen LogP contribution in [0, 0.1) is 0 Å². The maximum atomic E-state index is 6.23. The molecule has 2 aromatic carbocycles. The van der Waals surface area contributed by atoms with Crippen molar-refractivity contribution in [2.45, 2.75) is 57.1 Å². The molecule has 114 valence electrons. The van der Waals surface area contributed by atoms with E-state index in [4.69, 9.17) is 9.31 Å². The molecule has 1 saturated carbocycles. The lowest BCUT2D eigenvalue weighted by Crippen LogP contribution is -2.41. The molecule has 2 nitrogen and oxygen atoms in total. The van der Waals surface area contributed by atoms with Crippen molar-refractivity contribution in [3.8, 4) is 0 Å². The first-order valence-corrected chi connectivity index (χ1v) is 8.22. The second kappa shape index (κ2) is 4.59. The molecule has 0 bridgehead atoms. The van der Waals surface area contributed by atoms with Crippen LogP contribution in [0.1, 0.15) is 45.6 Å². The highest BCUT2D eigenvalue weighted by Crippen LogP contribution is 2.59. The van der Waals surface area contributed by atoms with Crippen molar-refractivity contribution in [2.75, 3.05) is 0 Å². The Morgan fingerprint density at radius 1 is 0.909 bits per heavy atom. The Bertz CT molecular complexity index is 701. The normalized spacial score (nSPS) is 29.0. The minimum Gasteiger partial charge on any atom is -0.403 e. The van der Waals surface area contributed by atoms with E-state index in [9.17, 15) is 0 Å². The van der Waals surface area contributed by atoms with Gasteiger partial charge in [0.1, 0.15) is 0 Å². The van der Waals surface area contributed by atoms with Gasteiger partial charge in [-0.2, -0.15) is 0 Å². The standard InChI is InChI=1S/C19H23BO2/c1-18(2)19(3,4)22-20(21-18)17-12-16(17)15-11-7-9-13-8-5-6-10-14(13)15/h5-11,16-17H,12H2,1-4H3/t16-,17+/m1/s1. The van der Waals surface area contributed by atoms with Crippen LogP contribution >= 0.6 is 0 Å². The van der Waals surface area contributed by atoms with Crippen LogP contribution in [0.25, 0.3) is 10.8 Å². The summed E-state index contributed by atoms with van der Waals surface area (Å²) in [6.07, 6.45) is 1.16. The van der Waals surface area contributed by atoms with Crippen LogP contribution in [0.2, 0.25) is 5.82 Å². The molecule has 2 atom stereocenters. The highest BCUT2D eigenvalue weighted by molar-refractivity contribution is 6.49. The SMILES string of the molecule is CC1(C)OB([C@H]2C[C@@H]2c2cccc3ccccc23)OC1(C)C. The second-order valence-electron chi connectivity index (χ2n) is 7.70. The zero-order valence-corrected chi connectivity index (χ0v) is 13.8. The molecule has 0 radical (unpaired) electrons. The van der Waals surface area contributed by atoms with Crippen LogP contribution in [0.15, 0.2) is 42.5 Å². The van der Waals surface area contributed by atoms with Gasteiger partial charge in [0.2, 0.25) is 0 Å². The number of hydrogen-bond acceptors (Lipinski definition) is 2. The van der Waals surface area contributed by atoms with E-state index in [0.29, 0.717) is 11.7 Å². The van der Waals surface area contributed by atoms with Crippen LogP contribution in [-0.4, -0.2) is 18.3 Å². The molecule has 2 aromatic rings. The van der Waals surface area contributed by atoms with Crippen molar-refractivity contribution in [3.63, 3.8) is 0 Å². The molecular formula is C19H23BO2. The molecule has 0 unspecified atom stereocenters. The summed E-state index contributed by atoms with van der Waals surface area (Å²) in [5.74, 6) is 1.03. The molecule has 2 aliphatic rings. The summed E-state index contributed by atoms with van der Waals surface area (Å²) >= 11 is 0. The van der Waals surface area contributed by atoms with Crippen molar-refractivity contribution < 1.29 is 9.31 Å². The van der Waals surface area contributed by atoms with E-state index >= 15 is 0 Å². The smallest absolute Gasteiger partial charge is 0.403 e. The van der Waals surface area contributed by atoms with E-state index in [2.05, 4.69) is 70.2 Å². The van der Waals surface area contributed by atoms with Gasteiger partial charge in [0, 0.05) is 5.82 Å². The van der Waals surface area contributed by atoms with Crippen molar-refractivity contribution >= 4 is 17.9 Å². The monoisotopic (exact) mass is 294 g/mol. The predicted molar refractivity (Wildman–Crippen MR) is 91.1 cm³/mol. The number of fused-ring (bicyclic) bond motifs is 1. The molecule has 0 amide bonds. The quantitative estimate of drug-likeness (QED) is 0.741. The Kier molecular flexibility index (Phi) is 2.98. The van der Waals surface area contributed by atoms with E-state index in [1.165, 1.54) is 16.3 Å². The third kappa shape index (κ3) is 2.11. The molecule has 1 saturated heterocycles. The molecule has 4 rings (SSSR count). The van der Waals surface area contributed by atoms with E-state index in [1.807, 2.05) is 0 Å². The summed E-state index contributed by atoms with van der Waals surface area (Å²) in [5.41, 5.74) is 0.977. The average molecular weight is 294 g/mol. The molecule has 0 N–H and O–H groups in total. The average Bonchev–Trinajstić information content (AvgIpc) is 3.21. The van der Waals surface area contributed by atoms with Crippen molar-refractivity contribution in [3.05, 3.63) is 48.0 Å². The Morgan fingerprint density at radius 3 is 2.27 bits per heavy atom. The zero-order chi connectivity index (χ0) is 15.5. The largest absolute Gasteiger partial charge is 0.461 e. The molecule has 1 aliphatic carbocycles. The van der Waals surface area contributed by atoms with Crippen LogP contribution in [-0.2, 0) is 9.31 Å². The Hall–Kier alpha value is -1.32. The van der Waals surface area contributed by atoms with Gasteiger partial charge in [0.15, 0.2) is 0 Å². The van der Waals surface area contributed by atoms with Gasteiger partial charge in [0.25, 0.3) is 0 Å². The Balaban J connectivity index is 1.60. The fourth-order valence-corrected chi connectivity index (χ4v) is 3.51. The molecule has 0 aromatic heterocycles. The lowest BCUT2D eigenvalue weighted by molar-refractivity contribution is 0.00578. The topological polar surface area (TPSA) is 18.5 Å². The fourth-order valence-electron chi connectivity index (χ4n) is 3.51. The minimum atomic E-state index is -0.233. The summed E-state index contributed by atoms with van der Waals surface area (Å²) in [5, 5.41) is 2.69. The Morgan fingerprint density at radius 2 is 1.55 bits per heavy atom. The van der Waals surface area contributed by atoms with Gasteiger partial charge in [-0.05, 0) is 56.4 Å². The van der Waals surface area contributed by atoms with Crippen LogP contribution in [0.4, 0.5) is 0 Å². The fraction of sp³-hybridized carbons (Fsp3) is 0.474. The zero-order valence-electron chi connectivity index (χ0n) is 13.8. The van der Waals surface area contributed by atoms with Gasteiger partial charge in [-0.1, -0.05) is 42.5 Å². The molecule has 22 heavy (non-hydrogen) atoms. The van der Waals surface area contributed by atoms with Crippen molar-refractivity contribution in [1.29, 1.82) is 0 Å². The number of benzene rings is 2. The van der Waals surface area contributed by atoms with E-state index < -0.39 is 0 Å². The van der Waals surface area contributed by atoms with Crippen LogP contribution in [0.3, 0.4) is 0 Å². The van der Waals surface area contributed by atoms with E-state index in [1.54, 1.807) is 0 Å². The molecule has 3 heteroatoms. The first-order chi connectivity index (χ1) is 10.4. The molecule has 1 aliphatic heterocycles. The minimum absolute atomic E-state index is 0.0750. The van der Waals surface area contributed by atoms with E-state index in [-0.39, 0.29) is 18.3 Å². The van der Waals surface area contributed by atoms with Crippen LogP contribution in [0.5, 0.6) is 0 Å². The molecular weight excluding hydrogens is 271 g/mol. The van der Waals surface area contributed by atoms with Gasteiger partial charge in [-0.25, -0.2) is 0 Å². The highest BCUT2D eigenvalue weighted by Gasteiger charge is 2.59. The third-order valence-corrected chi connectivity index (χ3v) is 5.68. The van der Waals surface area contributed by atoms with Crippen molar-refractivity contribution in [2.24, 2.45) is 0 Å². The second-order valence-corrected chi connectivity index (χ2v) is 7.70. The summed E-state index contributed by atoms with van der Waals surface area (Å²) in [6.45, 7) is 8.51. The predicted octanol–water partition coefficient (Wildman–Crippen LogP) is 4.79. The maximum absolute atomic E-state index is 6.23. The van der Waals surface area contributed by atoms with Gasteiger partial charge >= 0.3 is 7.12 Å². The number of hydrogen-bond donors (Lipinski definition) is 0. The van der Waals surface area contributed by atoms with E-state index in [0.717, 1.165) is 6.42 Å². The van der Waals surface area contributed by atoms with Gasteiger partial charge in [-0.15, -0.1) is 0 Å². The summed E-state index contributed by atoms with van der Waals surface area (Å²) in [7, 11) is -0.0750. The lowest BCUT2D eigenvalue weighted by Gasteiger charge is -2.32. The molecule has 2 fully saturated rings. The molecule has 1 heterocycles. The highest BCUT2D eigenvalue weighted by atomic mass is 16.7. The Labute approximate surface area is 133 Å².